The van der Waals surface area contributed by atoms with Crippen LogP contribution in [0.4, 0.5) is 5.69 Å². The van der Waals surface area contributed by atoms with E-state index in [0.717, 1.165) is 22.3 Å². The Bertz CT molecular complexity index is 328. The van der Waals surface area contributed by atoms with Gasteiger partial charge in [0.1, 0.15) is 0 Å². The fourth-order valence-electron chi connectivity index (χ4n) is 1.15. The molecule has 1 amide bonds. The molecule has 0 unspecified atom stereocenters. The Hall–Kier alpha value is -0.620. The summed E-state index contributed by atoms with van der Waals surface area (Å²) in [6.07, 6.45) is 0.513. The van der Waals surface area contributed by atoms with Crippen molar-refractivity contribution >= 4 is 34.2 Å². The molecule has 0 aliphatic heterocycles. The molecule has 0 fully saturated rings. The van der Waals surface area contributed by atoms with Crippen LogP contribution in [0.15, 0.2) is 24.3 Å². The summed E-state index contributed by atoms with van der Waals surface area (Å²) in [5, 5.41) is 6.00. The highest BCUT2D eigenvalue weighted by molar-refractivity contribution is 14.1. The Morgan fingerprint density at radius 2 is 2.13 bits per heavy atom. The van der Waals surface area contributed by atoms with Gasteiger partial charge in [0.2, 0.25) is 5.91 Å². The van der Waals surface area contributed by atoms with Crippen molar-refractivity contribution in [1.29, 1.82) is 0 Å². The zero-order chi connectivity index (χ0) is 11.1. The highest BCUT2D eigenvalue weighted by Crippen LogP contribution is 2.16. The van der Waals surface area contributed by atoms with E-state index in [1.54, 1.807) is 0 Å². The molecule has 1 aromatic rings. The SMILES string of the molecule is CCNCCC(=O)Nc1ccccc1I. The van der Waals surface area contributed by atoms with Crippen molar-refractivity contribution < 1.29 is 4.79 Å². The molecule has 82 valence electrons. The van der Waals surface area contributed by atoms with Gasteiger partial charge in [0.05, 0.1) is 5.69 Å². The summed E-state index contributed by atoms with van der Waals surface area (Å²) in [6, 6.07) is 7.76. The van der Waals surface area contributed by atoms with E-state index < -0.39 is 0 Å². The minimum Gasteiger partial charge on any atom is -0.325 e. The number of nitrogens with one attached hydrogen (secondary N) is 2. The molecular formula is C11H15IN2O. The Morgan fingerprint density at radius 3 is 2.80 bits per heavy atom. The van der Waals surface area contributed by atoms with Gasteiger partial charge in [0.15, 0.2) is 0 Å². The monoisotopic (exact) mass is 318 g/mol. The lowest BCUT2D eigenvalue weighted by molar-refractivity contribution is -0.116. The van der Waals surface area contributed by atoms with E-state index >= 15 is 0 Å². The zero-order valence-corrected chi connectivity index (χ0v) is 10.9. The van der Waals surface area contributed by atoms with E-state index in [0.29, 0.717) is 6.42 Å². The number of hydrogen-bond donors (Lipinski definition) is 2. The van der Waals surface area contributed by atoms with Crippen LogP contribution in [0.25, 0.3) is 0 Å². The predicted octanol–water partition coefficient (Wildman–Crippen LogP) is 2.23. The summed E-state index contributed by atoms with van der Waals surface area (Å²) < 4.78 is 1.06. The number of anilines is 1. The summed E-state index contributed by atoms with van der Waals surface area (Å²) >= 11 is 2.21. The normalized spacial score (nSPS) is 10.0. The van der Waals surface area contributed by atoms with Crippen LogP contribution < -0.4 is 10.6 Å². The lowest BCUT2D eigenvalue weighted by Gasteiger charge is -2.07. The van der Waals surface area contributed by atoms with Gasteiger partial charge in [-0.3, -0.25) is 4.79 Å². The van der Waals surface area contributed by atoms with Crippen molar-refractivity contribution in [3.05, 3.63) is 27.8 Å². The molecule has 4 heteroatoms. The van der Waals surface area contributed by atoms with Gasteiger partial charge in [0.25, 0.3) is 0 Å². The van der Waals surface area contributed by atoms with Crippen molar-refractivity contribution in [1.82, 2.24) is 5.32 Å². The van der Waals surface area contributed by atoms with E-state index in [9.17, 15) is 4.79 Å². The van der Waals surface area contributed by atoms with Gasteiger partial charge in [0, 0.05) is 16.5 Å². The van der Waals surface area contributed by atoms with E-state index in [1.807, 2.05) is 31.2 Å². The third-order valence-corrected chi connectivity index (χ3v) is 2.87. The second kappa shape index (κ2) is 6.79. The first-order valence-corrected chi connectivity index (χ1v) is 6.07. The second-order valence-electron chi connectivity index (χ2n) is 3.13. The summed E-state index contributed by atoms with van der Waals surface area (Å²) in [4.78, 5) is 11.5. The lowest BCUT2D eigenvalue weighted by atomic mass is 10.3. The lowest BCUT2D eigenvalue weighted by Crippen LogP contribution is -2.21. The number of halogens is 1. The molecule has 0 saturated heterocycles. The molecule has 2 N–H and O–H groups in total. The maximum Gasteiger partial charge on any atom is 0.225 e. The summed E-state index contributed by atoms with van der Waals surface area (Å²) in [5.74, 6) is 0.0556. The summed E-state index contributed by atoms with van der Waals surface area (Å²) in [6.45, 7) is 3.65. The first-order valence-electron chi connectivity index (χ1n) is 4.99. The topological polar surface area (TPSA) is 41.1 Å². The van der Waals surface area contributed by atoms with Crippen molar-refractivity contribution in [2.45, 2.75) is 13.3 Å². The standard InChI is InChI=1S/C11H15IN2O/c1-2-13-8-7-11(15)14-10-6-4-3-5-9(10)12/h3-6,13H,2,7-8H2,1H3,(H,14,15). The van der Waals surface area contributed by atoms with Crippen molar-refractivity contribution in [2.24, 2.45) is 0 Å². The summed E-state index contributed by atoms with van der Waals surface area (Å²) in [7, 11) is 0. The first kappa shape index (κ1) is 12.4. The minimum atomic E-state index is 0.0556. The third kappa shape index (κ3) is 4.61. The highest BCUT2D eigenvalue weighted by Gasteiger charge is 2.03. The molecule has 1 aromatic carbocycles. The fourth-order valence-corrected chi connectivity index (χ4v) is 1.68. The van der Waals surface area contributed by atoms with Gasteiger partial charge >= 0.3 is 0 Å². The Morgan fingerprint density at radius 1 is 1.40 bits per heavy atom. The van der Waals surface area contributed by atoms with Crippen LogP contribution in [0, 0.1) is 3.57 Å². The molecule has 0 atom stereocenters. The average Bonchev–Trinajstić information content (AvgIpc) is 2.22. The molecule has 3 nitrogen and oxygen atoms in total. The molecule has 0 spiro atoms. The second-order valence-corrected chi connectivity index (χ2v) is 4.29. The van der Waals surface area contributed by atoms with Crippen LogP contribution in [-0.4, -0.2) is 19.0 Å². The number of carbonyl (C=O) groups excluding carboxylic acids is 1. The van der Waals surface area contributed by atoms with Gasteiger partial charge in [-0.05, 0) is 41.3 Å². The molecule has 0 aromatic heterocycles. The van der Waals surface area contributed by atoms with Crippen LogP contribution in [0.5, 0.6) is 0 Å². The molecule has 0 bridgehead atoms. The maximum atomic E-state index is 11.5. The Balaban J connectivity index is 2.41. The van der Waals surface area contributed by atoms with Gasteiger partial charge in [-0.1, -0.05) is 19.1 Å². The van der Waals surface area contributed by atoms with Crippen LogP contribution in [0.1, 0.15) is 13.3 Å². The molecule has 0 aliphatic carbocycles. The predicted molar refractivity (Wildman–Crippen MR) is 70.9 cm³/mol. The smallest absolute Gasteiger partial charge is 0.225 e. The van der Waals surface area contributed by atoms with Gasteiger partial charge in [-0.15, -0.1) is 0 Å². The van der Waals surface area contributed by atoms with Gasteiger partial charge in [-0.2, -0.15) is 0 Å². The maximum absolute atomic E-state index is 11.5. The molecular weight excluding hydrogens is 303 g/mol. The van der Waals surface area contributed by atoms with E-state index in [2.05, 4.69) is 33.2 Å². The molecule has 15 heavy (non-hydrogen) atoms. The number of rotatable bonds is 5. The Labute approximate surface area is 104 Å². The van der Waals surface area contributed by atoms with E-state index in [4.69, 9.17) is 0 Å². The average molecular weight is 318 g/mol. The molecule has 0 aliphatic rings. The fraction of sp³-hybridized carbons (Fsp3) is 0.364. The highest BCUT2D eigenvalue weighted by atomic mass is 127. The summed E-state index contributed by atoms with van der Waals surface area (Å²) in [5.41, 5.74) is 0.889. The quantitative estimate of drug-likeness (QED) is 0.646. The van der Waals surface area contributed by atoms with Crippen LogP contribution >= 0.6 is 22.6 Å². The van der Waals surface area contributed by atoms with Crippen LogP contribution in [-0.2, 0) is 4.79 Å². The van der Waals surface area contributed by atoms with Crippen LogP contribution in [0.3, 0.4) is 0 Å². The van der Waals surface area contributed by atoms with Gasteiger partial charge < -0.3 is 10.6 Å². The third-order valence-electron chi connectivity index (χ3n) is 1.93. The molecule has 1 rings (SSSR count). The molecule has 0 saturated carbocycles. The zero-order valence-electron chi connectivity index (χ0n) is 8.72. The largest absolute Gasteiger partial charge is 0.325 e. The first-order chi connectivity index (χ1) is 7.24. The minimum absolute atomic E-state index is 0.0556. The number of amides is 1. The van der Waals surface area contributed by atoms with Crippen LogP contribution in [0.2, 0.25) is 0 Å². The number of para-hydroxylation sites is 1. The molecule has 0 radical (unpaired) electrons. The van der Waals surface area contributed by atoms with Crippen molar-refractivity contribution in [3.63, 3.8) is 0 Å². The van der Waals surface area contributed by atoms with E-state index in [-0.39, 0.29) is 5.91 Å². The molecule has 0 heterocycles. The van der Waals surface area contributed by atoms with Crippen molar-refractivity contribution in [2.75, 3.05) is 18.4 Å². The Kier molecular flexibility index (Phi) is 5.63. The number of benzene rings is 1. The van der Waals surface area contributed by atoms with Crippen molar-refractivity contribution in [3.8, 4) is 0 Å². The van der Waals surface area contributed by atoms with Gasteiger partial charge in [-0.25, -0.2) is 0 Å². The number of hydrogen-bond acceptors (Lipinski definition) is 2. The number of carbonyl (C=O) groups is 1. The van der Waals surface area contributed by atoms with E-state index in [1.165, 1.54) is 0 Å².